The van der Waals surface area contributed by atoms with Crippen LogP contribution < -0.4 is 20.1 Å². The van der Waals surface area contributed by atoms with Gasteiger partial charge >= 0.3 is 0 Å². The molecular weight excluding hydrogens is 451 g/mol. The van der Waals surface area contributed by atoms with Crippen molar-refractivity contribution >= 4 is 11.8 Å². The molecule has 8 heteroatoms. The Morgan fingerprint density at radius 3 is 2.43 bits per heavy atom. The minimum absolute atomic E-state index is 0.0583. The summed E-state index contributed by atoms with van der Waals surface area (Å²) in [5, 5.41) is 15.9. The van der Waals surface area contributed by atoms with E-state index in [4.69, 9.17) is 9.47 Å². The number of hydrogen-bond donors (Lipinski definition) is 3. The molecule has 3 saturated carbocycles. The van der Waals surface area contributed by atoms with Crippen LogP contribution in [-0.4, -0.2) is 48.3 Å². The minimum atomic E-state index is -1.01. The third-order valence-corrected chi connectivity index (χ3v) is 7.97. The van der Waals surface area contributed by atoms with Gasteiger partial charge in [-0.15, -0.1) is 0 Å². The van der Waals surface area contributed by atoms with E-state index >= 15 is 0 Å². The van der Waals surface area contributed by atoms with E-state index in [2.05, 4.69) is 17.6 Å². The number of ether oxygens (including phenoxy) is 2. The van der Waals surface area contributed by atoms with Crippen molar-refractivity contribution in [3.63, 3.8) is 0 Å². The number of benzene rings is 1. The van der Waals surface area contributed by atoms with E-state index in [1.165, 1.54) is 19.2 Å². The fraction of sp³-hybridized carbons (Fsp3) is 0.704. The molecule has 0 aliphatic heterocycles. The number of rotatable bonds is 8. The van der Waals surface area contributed by atoms with E-state index in [9.17, 15) is 19.1 Å². The standard InChI is InChI=1S/C27H39FN2O5/c1-15-5-9-18(10-6-15)35-22-12-19(21(34-4)13-20(22)28)25(31)30-24-17-8-7-16(11-17)23(24)26(32)29-14-27(2,3)33/h12-13,15-18,23-24,33H,5-11,14H2,1-4H3,(H,29,32)(H,30,31)/t15?,16-,17+,18?,23+,24-/m1/s1. The Morgan fingerprint density at radius 2 is 1.77 bits per heavy atom. The summed E-state index contributed by atoms with van der Waals surface area (Å²) in [6, 6.07) is 2.31. The summed E-state index contributed by atoms with van der Waals surface area (Å²) in [5.41, 5.74) is -0.813. The average Bonchev–Trinajstić information content (AvgIpc) is 3.41. The number of halogens is 1. The Balaban J connectivity index is 1.50. The first-order valence-corrected chi connectivity index (χ1v) is 12.9. The molecule has 7 nitrogen and oxygen atoms in total. The molecule has 3 aliphatic rings. The zero-order valence-electron chi connectivity index (χ0n) is 21.2. The van der Waals surface area contributed by atoms with E-state index in [0.717, 1.165) is 44.9 Å². The molecule has 0 saturated heterocycles. The van der Waals surface area contributed by atoms with Gasteiger partial charge in [0.05, 0.1) is 30.3 Å². The Hall–Kier alpha value is -2.35. The van der Waals surface area contributed by atoms with Crippen molar-refractivity contribution in [1.29, 1.82) is 0 Å². The molecule has 2 bridgehead atoms. The molecule has 3 fully saturated rings. The van der Waals surface area contributed by atoms with Crippen LogP contribution in [0.1, 0.15) is 76.1 Å². The van der Waals surface area contributed by atoms with Gasteiger partial charge in [-0.05, 0) is 82.6 Å². The second-order valence-electron chi connectivity index (χ2n) is 11.4. The van der Waals surface area contributed by atoms with Crippen LogP contribution in [0, 0.1) is 29.5 Å². The molecule has 3 N–H and O–H groups in total. The molecule has 0 unspecified atom stereocenters. The maximum atomic E-state index is 14.8. The third-order valence-electron chi connectivity index (χ3n) is 7.97. The first-order chi connectivity index (χ1) is 16.6. The largest absolute Gasteiger partial charge is 0.496 e. The van der Waals surface area contributed by atoms with Crippen molar-refractivity contribution < 1.29 is 28.6 Å². The SMILES string of the molecule is COc1cc(F)c(OC2CCC(C)CC2)cc1C(=O)N[C@@H]1[C@H]2CC[C@H](C2)[C@@H]1C(=O)NCC(C)(C)O. The van der Waals surface area contributed by atoms with E-state index in [0.29, 0.717) is 5.92 Å². The van der Waals surface area contributed by atoms with Crippen LogP contribution in [0.3, 0.4) is 0 Å². The van der Waals surface area contributed by atoms with Crippen molar-refractivity contribution in [2.24, 2.45) is 23.7 Å². The van der Waals surface area contributed by atoms with Crippen LogP contribution in [0.4, 0.5) is 4.39 Å². The summed E-state index contributed by atoms with van der Waals surface area (Å²) in [6.07, 6.45) is 6.53. The first kappa shape index (κ1) is 25.7. The molecule has 0 spiro atoms. The Bertz CT molecular complexity index is 938. The predicted molar refractivity (Wildman–Crippen MR) is 130 cm³/mol. The van der Waals surface area contributed by atoms with Crippen molar-refractivity contribution in [3.8, 4) is 11.5 Å². The lowest BCUT2D eigenvalue weighted by Gasteiger charge is -2.32. The van der Waals surface area contributed by atoms with Crippen LogP contribution in [-0.2, 0) is 4.79 Å². The van der Waals surface area contributed by atoms with Crippen molar-refractivity contribution in [1.82, 2.24) is 10.6 Å². The predicted octanol–water partition coefficient (Wildman–Crippen LogP) is 3.82. The van der Waals surface area contributed by atoms with E-state index < -0.39 is 17.3 Å². The maximum Gasteiger partial charge on any atom is 0.255 e. The molecule has 4 rings (SSSR count). The third kappa shape index (κ3) is 5.90. The second-order valence-corrected chi connectivity index (χ2v) is 11.4. The van der Waals surface area contributed by atoms with Gasteiger partial charge in [0.25, 0.3) is 5.91 Å². The molecule has 0 radical (unpaired) electrons. The summed E-state index contributed by atoms with van der Waals surface area (Å²) < 4.78 is 26.1. The van der Waals surface area contributed by atoms with Crippen LogP contribution in [0.2, 0.25) is 0 Å². The highest BCUT2D eigenvalue weighted by molar-refractivity contribution is 5.98. The molecule has 0 heterocycles. The summed E-state index contributed by atoms with van der Waals surface area (Å²) >= 11 is 0. The highest BCUT2D eigenvalue weighted by Crippen LogP contribution is 2.49. The van der Waals surface area contributed by atoms with Crippen LogP contribution in [0.5, 0.6) is 11.5 Å². The Labute approximate surface area is 207 Å². The van der Waals surface area contributed by atoms with Gasteiger partial charge in [0.1, 0.15) is 5.75 Å². The van der Waals surface area contributed by atoms with E-state index in [1.807, 2.05) is 0 Å². The minimum Gasteiger partial charge on any atom is -0.496 e. The van der Waals surface area contributed by atoms with E-state index in [-0.39, 0.29) is 59.4 Å². The van der Waals surface area contributed by atoms with Crippen LogP contribution in [0.15, 0.2) is 12.1 Å². The Morgan fingerprint density at radius 1 is 1.09 bits per heavy atom. The zero-order valence-corrected chi connectivity index (χ0v) is 21.2. The average molecular weight is 491 g/mol. The number of aliphatic hydroxyl groups is 1. The summed E-state index contributed by atoms with van der Waals surface area (Å²) in [7, 11) is 1.40. The van der Waals surface area contributed by atoms with Gasteiger partial charge in [-0.2, -0.15) is 0 Å². The summed E-state index contributed by atoms with van der Waals surface area (Å²) in [4.78, 5) is 26.4. The van der Waals surface area contributed by atoms with Crippen LogP contribution >= 0.6 is 0 Å². The Kier molecular flexibility index (Phi) is 7.60. The smallest absolute Gasteiger partial charge is 0.255 e. The number of carbonyl (C=O) groups is 2. The van der Waals surface area contributed by atoms with Gasteiger partial charge < -0.3 is 25.2 Å². The molecule has 4 atom stereocenters. The fourth-order valence-electron chi connectivity index (χ4n) is 6.03. The van der Waals surface area contributed by atoms with Crippen LogP contribution in [0.25, 0.3) is 0 Å². The van der Waals surface area contributed by atoms with E-state index in [1.54, 1.807) is 13.8 Å². The molecule has 1 aromatic carbocycles. The molecule has 1 aromatic rings. The molecule has 2 amide bonds. The monoisotopic (exact) mass is 490 g/mol. The summed E-state index contributed by atoms with van der Waals surface area (Å²) in [5.74, 6) is -0.200. The molecule has 194 valence electrons. The highest BCUT2D eigenvalue weighted by atomic mass is 19.1. The molecule has 0 aromatic heterocycles. The second kappa shape index (κ2) is 10.3. The zero-order chi connectivity index (χ0) is 25.3. The summed E-state index contributed by atoms with van der Waals surface area (Å²) in [6.45, 7) is 5.64. The van der Waals surface area contributed by atoms with Gasteiger partial charge in [0.15, 0.2) is 11.6 Å². The van der Waals surface area contributed by atoms with Crippen molar-refractivity contribution in [3.05, 3.63) is 23.5 Å². The number of methoxy groups -OCH3 is 1. The molecule has 35 heavy (non-hydrogen) atoms. The van der Waals surface area contributed by atoms with Gasteiger partial charge in [-0.3, -0.25) is 9.59 Å². The highest BCUT2D eigenvalue weighted by Gasteiger charge is 2.51. The number of fused-ring (bicyclic) bond motifs is 2. The number of hydrogen-bond acceptors (Lipinski definition) is 5. The van der Waals surface area contributed by atoms with Gasteiger partial charge in [0, 0.05) is 18.7 Å². The number of amides is 2. The lowest BCUT2D eigenvalue weighted by molar-refractivity contribution is -0.128. The quantitative estimate of drug-likeness (QED) is 0.515. The van der Waals surface area contributed by atoms with Gasteiger partial charge in [-0.1, -0.05) is 6.92 Å². The number of carbonyl (C=O) groups excluding carboxylic acids is 2. The van der Waals surface area contributed by atoms with Crippen molar-refractivity contribution in [2.45, 2.75) is 83.5 Å². The van der Waals surface area contributed by atoms with Gasteiger partial charge in [-0.25, -0.2) is 4.39 Å². The lowest BCUT2D eigenvalue weighted by atomic mass is 9.83. The number of nitrogens with one attached hydrogen (secondary N) is 2. The van der Waals surface area contributed by atoms with Crippen molar-refractivity contribution in [2.75, 3.05) is 13.7 Å². The molecular formula is C27H39FN2O5. The first-order valence-electron chi connectivity index (χ1n) is 12.9. The van der Waals surface area contributed by atoms with Gasteiger partial charge in [0.2, 0.25) is 5.91 Å². The topological polar surface area (TPSA) is 96.9 Å². The normalized spacial score (nSPS) is 30.1. The lowest BCUT2D eigenvalue weighted by Crippen LogP contribution is -2.51. The maximum absolute atomic E-state index is 14.8. The fourth-order valence-corrected chi connectivity index (χ4v) is 6.03. The molecule has 3 aliphatic carbocycles.